The second-order valence-corrected chi connectivity index (χ2v) is 11.9. The second-order valence-electron chi connectivity index (χ2n) is 11.9. The fourth-order valence-electron chi connectivity index (χ4n) is 7.04. The van der Waals surface area contributed by atoms with Gasteiger partial charge in [0.2, 0.25) is 11.8 Å². The van der Waals surface area contributed by atoms with Crippen LogP contribution in [-0.4, -0.2) is 53.8 Å². The van der Waals surface area contributed by atoms with Gasteiger partial charge in [-0.05, 0) is 58.9 Å². The molecule has 0 aromatic heterocycles. The van der Waals surface area contributed by atoms with Gasteiger partial charge < -0.3 is 14.8 Å². The molecule has 0 saturated carbocycles. The lowest BCUT2D eigenvalue weighted by atomic mass is 9.55. The van der Waals surface area contributed by atoms with Crippen molar-refractivity contribution in [1.29, 1.82) is 0 Å². The number of amides is 3. The van der Waals surface area contributed by atoms with E-state index in [1.54, 1.807) is 26.0 Å². The van der Waals surface area contributed by atoms with Gasteiger partial charge in [-0.25, -0.2) is 9.59 Å². The summed E-state index contributed by atoms with van der Waals surface area (Å²) in [6.07, 6.45) is 0.709. The molecule has 1 fully saturated rings. The number of rotatable bonds is 9. The number of hydrogen-bond acceptors (Lipinski definition) is 7. The van der Waals surface area contributed by atoms with E-state index in [1.165, 1.54) is 12.1 Å². The van der Waals surface area contributed by atoms with Crippen molar-refractivity contribution in [2.24, 2.45) is 17.8 Å². The molecule has 7 rings (SSSR count). The monoisotopic (exact) mass is 594 g/mol. The number of benzene rings is 3. The molecule has 3 aliphatic carbocycles. The number of likely N-dealkylation sites (tertiary alicyclic amines) is 1. The molecular formula is C35H34N2O7. The Morgan fingerprint density at radius 2 is 1.27 bits per heavy atom. The summed E-state index contributed by atoms with van der Waals surface area (Å²) in [6, 6.07) is 20.9. The Hall–Kier alpha value is -4.79. The minimum absolute atomic E-state index is 0.284. The van der Waals surface area contributed by atoms with Gasteiger partial charge in [-0.3, -0.25) is 19.3 Å². The van der Waals surface area contributed by atoms with E-state index in [4.69, 9.17) is 9.47 Å². The Labute approximate surface area is 255 Å². The summed E-state index contributed by atoms with van der Waals surface area (Å²) in [6.45, 7) is 5.11. The standard InChI is InChI=1S/C35H34N2O7/c1-4-17-43-34(41)20-13-15-21(16-14-20)36-26(38)18-44-35(42)31(19(2)3)37-32(39)29-27-22-9-5-6-10-23(22)28(30(29)33(37)40)25-12-8-7-11-24(25)27/h5-16,19,27-31H,4,17-18H2,1-3H3,(H,36,38)/t27?,28?,29-,30-,31-/m0/s1. The number of nitrogens with one attached hydrogen (secondary N) is 1. The molecule has 1 saturated heterocycles. The summed E-state index contributed by atoms with van der Waals surface area (Å²) in [5.41, 5.74) is 4.95. The third-order valence-corrected chi connectivity index (χ3v) is 8.82. The van der Waals surface area contributed by atoms with Crippen LogP contribution in [0.3, 0.4) is 0 Å². The van der Waals surface area contributed by atoms with Crippen molar-refractivity contribution in [2.75, 3.05) is 18.5 Å². The highest BCUT2D eigenvalue weighted by Gasteiger charge is 2.63. The van der Waals surface area contributed by atoms with Crippen LogP contribution in [0.2, 0.25) is 0 Å². The molecule has 2 bridgehead atoms. The van der Waals surface area contributed by atoms with Crippen LogP contribution in [0.4, 0.5) is 5.69 Å². The molecule has 0 radical (unpaired) electrons. The van der Waals surface area contributed by atoms with Crippen LogP contribution in [0.25, 0.3) is 0 Å². The van der Waals surface area contributed by atoms with E-state index in [0.717, 1.165) is 27.2 Å². The largest absolute Gasteiger partial charge is 0.462 e. The fraction of sp³-hybridized carbons (Fsp3) is 0.343. The summed E-state index contributed by atoms with van der Waals surface area (Å²) in [7, 11) is 0. The van der Waals surface area contributed by atoms with Crippen molar-refractivity contribution in [3.8, 4) is 0 Å². The van der Waals surface area contributed by atoms with E-state index in [-0.39, 0.29) is 23.7 Å². The molecule has 0 spiro atoms. The third kappa shape index (κ3) is 4.86. The topological polar surface area (TPSA) is 119 Å². The lowest BCUT2D eigenvalue weighted by Gasteiger charge is -2.45. The molecule has 44 heavy (non-hydrogen) atoms. The molecule has 1 heterocycles. The van der Waals surface area contributed by atoms with Gasteiger partial charge in [-0.15, -0.1) is 0 Å². The molecule has 1 N–H and O–H groups in total. The predicted octanol–water partition coefficient (Wildman–Crippen LogP) is 4.65. The van der Waals surface area contributed by atoms with Crippen molar-refractivity contribution in [3.05, 3.63) is 101 Å². The molecule has 9 nitrogen and oxygen atoms in total. The molecule has 3 atom stereocenters. The Morgan fingerprint density at radius 3 is 1.73 bits per heavy atom. The first-order valence-corrected chi connectivity index (χ1v) is 15.0. The number of anilines is 1. The molecule has 9 heteroatoms. The van der Waals surface area contributed by atoms with Crippen LogP contribution < -0.4 is 5.32 Å². The third-order valence-electron chi connectivity index (χ3n) is 8.82. The number of carbonyl (C=O) groups is 5. The summed E-state index contributed by atoms with van der Waals surface area (Å²) in [5, 5.41) is 2.63. The van der Waals surface area contributed by atoms with Crippen molar-refractivity contribution < 1.29 is 33.4 Å². The highest BCUT2D eigenvalue weighted by atomic mass is 16.5. The fourth-order valence-corrected chi connectivity index (χ4v) is 7.04. The molecule has 4 aliphatic rings. The lowest BCUT2D eigenvalue weighted by molar-refractivity contribution is -0.162. The zero-order chi connectivity index (χ0) is 31.1. The van der Waals surface area contributed by atoms with E-state index in [2.05, 4.69) is 5.32 Å². The Balaban J connectivity index is 1.17. The van der Waals surface area contributed by atoms with Gasteiger partial charge in [-0.1, -0.05) is 69.3 Å². The Bertz CT molecular complexity index is 1530. The normalized spacial score (nSPS) is 21.8. The Morgan fingerprint density at radius 1 is 0.773 bits per heavy atom. The van der Waals surface area contributed by atoms with Gasteiger partial charge in [0.15, 0.2) is 6.61 Å². The Kier molecular flexibility index (Phi) is 7.80. The maximum absolute atomic E-state index is 14.1. The molecule has 3 amide bonds. The van der Waals surface area contributed by atoms with Crippen LogP contribution in [0.15, 0.2) is 72.8 Å². The number of esters is 2. The number of carbonyl (C=O) groups excluding carboxylic acids is 5. The molecule has 3 aromatic rings. The van der Waals surface area contributed by atoms with Gasteiger partial charge in [-0.2, -0.15) is 0 Å². The number of imide groups is 1. The van der Waals surface area contributed by atoms with E-state index < -0.39 is 48.2 Å². The van der Waals surface area contributed by atoms with Crippen LogP contribution >= 0.6 is 0 Å². The van der Waals surface area contributed by atoms with Crippen molar-refractivity contribution >= 4 is 35.3 Å². The average Bonchev–Trinajstić information content (AvgIpc) is 3.29. The highest BCUT2D eigenvalue weighted by molar-refractivity contribution is 6.10. The molecule has 0 unspecified atom stereocenters. The van der Waals surface area contributed by atoms with Gasteiger partial charge in [0.25, 0.3) is 5.91 Å². The molecule has 1 aliphatic heterocycles. The zero-order valence-corrected chi connectivity index (χ0v) is 24.8. The van der Waals surface area contributed by atoms with Gasteiger partial charge in [0, 0.05) is 17.5 Å². The SMILES string of the molecule is CCCOC(=O)c1ccc(NC(=O)COC(=O)[C@H](C(C)C)N2C(=O)[C@H]3C4c5ccccc5C(c5ccccc54)[C@@H]3C2=O)cc1. The molecular weight excluding hydrogens is 560 g/mol. The van der Waals surface area contributed by atoms with Crippen molar-refractivity contribution in [2.45, 2.75) is 45.1 Å². The van der Waals surface area contributed by atoms with E-state index in [9.17, 15) is 24.0 Å². The van der Waals surface area contributed by atoms with Crippen molar-refractivity contribution in [3.63, 3.8) is 0 Å². The van der Waals surface area contributed by atoms with Crippen LogP contribution in [0.5, 0.6) is 0 Å². The predicted molar refractivity (Wildman–Crippen MR) is 161 cm³/mol. The summed E-state index contributed by atoms with van der Waals surface area (Å²) < 4.78 is 10.5. The van der Waals surface area contributed by atoms with E-state index in [0.29, 0.717) is 24.3 Å². The molecule has 226 valence electrons. The van der Waals surface area contributed by atoms with E-state index >= 15 is 0 Å². The summed E-state index contributed by atoms with van der Waals surface area (Å²) in [5.74, 6) is -4.86. The quantitative estimate of drug-likeness (QED) is 0.283. The minimum atomic E-state index is -1.17. The second kappa shape index (κ2) is 11.7. The first-order valence-electron chi connectivity index (χ1n) is 15.0. The van der Waals surface area contributed by atoms with Crippen LogP contribution in [0.1, 0.15) is 71.6 Å². The van der Waals surface area contributed by atoms with Gasteiger partial charge in [0.05, 0.1) is 24.0 Å². The minimum Gasteiger partial charge on any atom is -0.462 e. The number of ether oxygens (including phenoxy) is 2. The summed E-state index contributed by atoms with van der Waals surface area (Å²) >= 11 is 0. The maximum Gasteiger partial charge on any atom is 0.338 e. The van der Waals surface area contributed by atoms with Gasteiger partial charge >= 0.3 is 11.9 Å². The van der Waals surface area contributed by atoms with Crippen molar-refractivity contribution in [1.82, 2.24) is 4.90 Å². The first kappa shape index (κ1) is 29.3. The number of hydrogen-bond donors (Lipinski definition) is 1. The first-order chi connectivity index (χ1) is 21.2. The van der Waals surface area contributed by atoms with Gasteiger partial charge in [0.1, 0.15) is 6.04 Å². The average molecular weight is 595 g/mol. The van der Waals surface area contributed by atoms with E-state index in [1.807, 2.05) is 55.5 Å². The smallest absolute Gasteiger partial charge is 0.338 e. The highest BCUT2D eigenvalue weighted by Crippen LogP contribution is 2.61. The molecule has 3 aromatic carbocycles. The summed E-state index contributed by atoms with van der Waals surface area (Å²) in [4.78, 5) is 67.4. The van der Waals surface area contributed by atoms with Crippen LogP contribution in [0, 0.1) is 17.8 Å². The lowest BCUT2D eigenvalue weighted by Crippen LogP contribution is -2.49. The number of nitrogens with zero attached hydrogens (tertiary/aromatic N) is 1. The zero-order valence-electron chi connectivity index (χ0n) is 24.8. The van der Waals surface area contributed by atoms with Crippen LogP contribution in [-0.2, 0) is 28.7 Å². The maximum atomic E-state index is 14.1.